The van der Waals surface area contributed by atoms with E-state index in [1.165, 1.54) is 18.4 Å². The summed E-state index contributed by atoms with van der Waals surface area (Å²) in [5, 5.41) is 17.2. The average molecular weight is 460 g/mol. The van der Waals surface area contributed by atoms with Crippen molar-refractivity contribution in [3.63, 3.8) is 0 Å². The monoisotopic (exact) mass is 459 g/mol. The second kappa shape index (κ2) is 8.81. The van der Waals surface area contributed by atoms with Gasteiger partial charge in [0, 0.05) is 49.7 Å². The molecule has 3 fully saturated rings. The number of nitriles is 1. The van der Waals surface area contributed by atoms with E-state index in [1.54, 1.807) is 0 Å². The molecule has 0 aromatic carbocycles. The largest absolute Gasteiger partial charge is 0.346 e. The van der Waals surface area contributed by atoms with Crippen LogP contribution >= 0.6 is 0 Å². The van der Waals surface area contributed by atoms with Crippen molar-refractivity contribution in [2.24, 2.45) is 5.92 Å². The molecule has 0 radical (unpaired) electrons. The highest BCUT2D eigenvalue weighted by molar-refractivity contribution is 5.97. The Labute approximate surface area is 200 Å². The molecule has 1 saturated carbocycles. The second-order valence-electron chi connectivity index (χ2n) is 10.4. The number of carbonyl (C=O) groups excluding carboxylic acids is 1. The molecule has 6 rings (SSSR count). The lowest BCUT2D eigenvalue weighted by molar-refractivity contribution is -0.117. The van der Waals surface area contributed by atoms with Crippen LogP contribution in [0.2, 0.25) is 0 Å². The predicted molar refractivity (Wildman–Crippen MR) is 132 cm³/mol. The third kappa shape index (κ3) is 4.02. The standard InChI is InChI=1S/C26H33N7O/c27-9-8-26(16-32(17-26)20-3-10-28-11-4-20)33-13-6-18(7-14-33)22-15-23(31-25(34)19-1-2-19)30-24-21(22)5-12-29-24/h5-6,12,15,19-20,28H,1-4,7-8,10-11,13-14,16-17H2,(H2,29,30,31,34). The normalized spacial score (nSPS) is 23.8. The maximum Gasteiger partial charge on any atom is 0.228 e. The number of hydrogen-bond acceptors (Lipinski definition) is 6. The van der Waals surface area contributed by atoms with Gasteiger partial charge in [-0.25, -0.2) is 4.98 Å². The van der Waals surface area contributed by atoms with Crippen molar-refractivity contribution in [3.05, 3.63) is 30.0 Å². The number of H-pyrrole nitrogens is 1. The van der Waals surface area contributed by atoms with Gasteiger partial charge in [-0.3, -0.25) is 14.6 Å². The molecule has 0 spiro atoms. The van der Waals surface area contributed by atoms with Gasteiger partial charge in [0.25, 0.3) is 0 Å². The van der Waals surface area contributed by atoms with E-state index in [0.717, 1.165) is 75.1 Å². The molecule has 8 nitrogen and oxygen atoms in total. The van der Waals surface area contributed by atoms with E-state index in [9.17, 15) is 10.1 Å². The summed E-state index contributed by atoms with van der Waals surface area (Å²) < 4.78 is 0. The first kappa shape index (κ1) is 21.8. The number of likely N-dealkylation sites (tertiary alicyclic amines) is 1. The summed E-state index contributed by atoms with van der Waals surface area (Å²) >= 11 is 0. The van der Waals surface area contributed by atoms with Gasteiger partial charge in [0.15, 0.2) is 0 Å². The van der Waals surface area contributed by atoms with Crippen LogP contribution in [0.3, 0.4) is 0 Å². The molecule has 34 heavy (non-hydrogen) atoms. The minimum absolute atomic E-state index is 0.0211. The lowest BCUT2D eigenvalue weighted by Gasteiger charge is -2.58. The summed E-state index contributed by atoms with van der Waals surface area (Å²) in [6, 6.07) is 7.24. The van der Waals surface area contributed by atoms with E-state index in [1.807, 2.05) is 12.3 Å². The van der Waals surface area contributed by atoms with E-state index in [0.29, 0.717) is 18.3 Å². The Morgan fingerprint density at radius 3 is 2.79 bits per heavy atom. The van der Waals surface area contributed by atoms with Crippen molar-refractivity contribution >= 4 is 28.3 Å². The van der Waals surface area contributed by atoms with E-state index in [2.05, 4.69) is 48.6 Å². The highest BCUT2D eigenvalue weighted by Gasteiger charge is 2.49. The fourth-order valence-corrected chi connectivity index (χ4v) is 6.00. The Morgan fingerprint density at radius 2 is 2.09 bits per heavy atom. The Morgan fingerprint density at radius 1 is 1.26 bits per heavy atom. The van der Waals surface area contributed by atoms with Gasteiger partial charge in [-0.15, -0.1) is 0 Å². The fraction of sp³-hybridized carbons (Fsp3) is 0.577. The lowest BCUT2D eigenvalue weighted by Crippen LogP contribution is -2.72. The minimum atomic E-state index is -0.0211. The number of nitrogens with one attached hydrogen (secondary N) is 3. The zero-order valence-electron chi connectivity index (χ0n) is 19.6. The first-order chi connectivity index (χ1) is 16.6. The summed E-state index contributed by atoms with van der Waals surface area (Å²) in [7, 11) is 0. The van der Waals surface area contributed by atoms with Gasteiger partial charge in [0.1, 0.15) is 11.5 Å². The van der Waals surface area contributed by atoms with E-state index in [-0.39, 0.29) is 17.4 Å². The summed E-state index contributed by atoms with van der Waals surface area (Å²) in [5.74, 6) is 0.855. The summed E-state index contributed by atoms with van der Waals surface area (Å²) in [6.45, 7) is 6.02. The zero-order valence-corrected chi connectivity index (χ0v) is 19.6. The molecule has 2 aromatic rings. The minimum Gasteiger partial charge on any atom is -0.346 e. The number of aromatic amines is 1. The van der Waals surface area contributed by atoms with Gasteiger partial charge in [-0.1, -0.05) is 6.08 Å². The molecule has 0 bridgehead atoms. The Bertz CT molecular complexity index is 1150. The summed E-state index contributed by atoms with van der Waals surface area (Å²) in [5.41, 5.74) is 3.24. The fourth-order valence-electron chi connectivity index (χ4n) is 6.00. The maximum atomic E-state index is 12.3. The van der Waals surface area contributed by atoms with Gasteiger partial charge < -0.3 is 15.6 Å². The van der Waals surface area contributed by atoms with Crippen LogP contribution < -0.4 is 10.6 Å². The second-order valence-corrected chi connectivity index (χ2v) is 10.4. The molecule has 8 heteroatoms. The lowest BCUT2D eigenvalue weighted by atomic mass is 9.81. The molecule has 2 aromatic heterocycles. The van der Waals surface area contributed by atoms with E-state index in [4.69, 9.17) is 0 Å². The van der Waals surface area contributed by atoms with Crippen LogP contribution in [-0.4, -0.2) is 76.5 Å². The maximum absolute atomic E-state index is 12.3. The zero-order chi connectivity index (χ0) is 23.1. The third-order valence-corrected chi connectivity index (χ3v) is 8.18. The number of rotatable bonds is 6. The van der Waals surface area contributed by atoms with Crippen molar-refractivity contribution in [2.45, 2.75) is 50.1 Å². The molecule has 4 aliphatic rings. The van der Waals surface area contributed by atoms with E-state index >= 15 is 0 Å². The SMILES string of the molecule is N#CCC1(N2CC=C(c3cc(NC(=O)C4CC4)nc4[nH]ccc34)CC2)CN(C2CCNCC2)C1. The number of piperidine rings is 1. The Hall–Kier alpha value is -2.73. The number of nitrogens with zero attached hydrogens (tertiary/aromatic N) is 4. The molecule has 0 unspecified atom stereocenters. The number of hydrogen-bond donors (Lipinski definition) is 3. The van der Waals surface area contributed by atoms with Gasteiger partial charge in [0.05, 0.1) is 18.0 Å². The number of fused-ring (bicyclic) bond motifs is 1. The molecular formula is C26H33N7O. The van der Waals surface area contributed by atoms with Gasteiger partial charge >= 0.3 is 0 Å². The molecule has 1 aliphatic carbocycles. The third-order valence-electron chi connectivity index (χ3n) is 8.18. The van der Waals surface area contributed by atoms with E-state index < -0.39 is 0 Å². The van der Waals surface area contributed by atoms with Crippen molar-refractivity contribution in [1.29, 1.82) is 5.26 Å². The van der Waals surface area contributed by atoms with Crippen LogP contribution in [0.4, 0.5) is 5.82 Å². The predicted octanol–water partition coefficient (Wildman–Crippen LogP) is 2.72. The molecule has 3 N–H and O–H groups in total. The van der Waals surface area contributed by atoms with Crippen molar-refractivity contribution in [1.82, 2.24) is 25.1 Å². The molecule has 2 saturated heterocycles. The molecular weight excluding hydrogens is 426 g/mol. The van der Waals surface area contributed by atoms with Crippen molar-refractivity contribution in [3.8, 4) is 6.07 Å². The Kier molecular flexibility index (Phi) is 5.64. The quantitative estimate of drug-likeness (QED) is 0.614. The summed E-state index contributed by atoms with van der Waals surface area (Å²) in [6.07, 6.45) is 10.1. The van der Waals surface area contributed by atoms with Crippen LogP contribution in [-0.2, 0) is 4.79 Å². The Balaban J connectivity index is 1.19. The van der Waals surface area contributed by atoms with Crippen LogP contribution in [0.25, 0.3) is 16.6 Å². The number of aromatic nitrogens is 2. The van der Waals surface area contributed by atoms with Gasteiger partial charge in [-0.2, -0.15) is 5.26 Å². The smallest absolute Gasteiger partial charge is 0.228 e. The number of pyridine rings is 1. The first-order valence-corrected chi connectivity index (χ1v) is 12.7. The molecule has 178 valence electrons. The molecule has 3 aliphatic heterocycles. The molecule has 0 atom stereocenters. The highest BCUT2D eigenvalue weighted by Crippen LogP contribution is 2.38. The van der Waals surface area contributed by atoms with Crippen molar-refractivity contribution < 1.29 is 4.79 Å². The van der Waals surface area contributed by atoms with Gasteiger partial charge in [-0.05, 0) is 68.5 Å². The van der Waals surface area contributed by atoms with Gasteiger partial charge in [0.2, 0.25) is 5.91 Å². The van der Waals surface area contributed by atoms with Crippen LogP contribution in [0.15, 0.2) is 24.4 Å². The number of anilines is 1. The molecule has 5 heterocycles. The number of carbonyl (C=O) groups is 1. The molecule has 1 amide bonds. The first-order valence-electron chi connectivity index (χ1n) is 12.7. The summed E-state index contributed by atoms with van der Waals surface area (Å²) in [4.78, 5) is 25.3. The van der Waals surface area contributed by atoms with Crippen molar-refractivity contribution in [2.75, 3.05) is 44.6 Å². The van der Waals surface area contributed by atoms with Crippen LogP contribution in [0.1, 0.15) is 44.1 Å². The van der Waals surface area contributed by atoms with Crippen LogP contribution in [0.5, 0.6) is 0 Å². The van der Waals surface area contributed by atoms with Crippen LogP contribution in [0, 0.1) is 17.2 Å². The number of amides is 1. The average Bonchev–Trinajstić information content (AvgIpc) is 3.59. The topological polar surface area (TPSA) is 100 Å². The highest BCUT2D eigenvalue weighted by atomic mass is 16.2.